The SMILES string of the molecule is CCCCCCCCCCC/C=C\C/C=C\CCCCCCCCCCCCCCCCCC(=O)NC(COP(=O)(O)OCC[N+](C)(C)C)C(O)CCCCCCCCCCCCCCCCCCCCCCCC. The highest BCUT2D eigenvalue weighted by Crippen LogP contribution is 2.43. The third-order valence-corrected chi connectivity index (χ3v) is 16.4. The lowest BCUT2D eigenvalue weighted by Crippen LogP contribution is -2.46. The number of carbonyl (C=O) groups is 1. The van der Waals surface area contributed by atoms with E-state index in [-0.39, 0.29) is 19.1 Å². The summed E-state index contributed by atoms with van der Waals surface area (Å²) in [5, 5.41) is 14.1. The lowest BCUT2D eigenvalue weighted by molar-refractivity contribution is -0.870. The van der Waals surface area contributed by atoms with E-state index in [1.54, 1.807) is 0 Å². The van der Waals surface area contributed by atoms with Crippen LogP contribution in [0.15, 0.2) is 24.3 Å². The quantitative estimate of drug-likeness (QED) is 0.0243. The highest BCUT2D eigenvalue weighted by Gasteiger charge is 2.28. The number of rotatable bonds is 62. The van der Waals surface area contributed by atoms with Crippen molar-refractivity contribution in [1.82, 2.24) is 5.32 Å². The number of unbranched alkanes of at least 4 members (excludes halogenated alkanes) is 45. The van der Waals surface area contributed by atoms with Gasteiger partial charge < -0.3 is 19.8 Å². The van der Waals surface area contributed by atoms with Crippen LogP contribution >= 0.6 is 7.82 Å². The molecule has 0 radical (unpaired) electrons. The van der Waals surface area contributed by atoms with Crippen LogP contribution in [0, 0.1) is 0 Å². The predicted molar refractivity (Wildman–Crippen MR) is 328 cm³/mol. The molecule has 0 aliphatic heterocycles. The first kappa shape index (κ1) is 74.0. The summed E-state index contributed by atoms with van der Waals surface area (Å²) in [6.45, 7) is 4.94. The number of hydrogen-bond acceptors (Lipinski definition) is 5. The van der Waals surface area contributed by atoms with Gasteiger partial charge >= 0.3 is 7.82 Å². The van der Waals surface area contributed by atoms with E-state index in [4.69, 9.17) is 9.05 Å². The van der Waals surface area contributed by atoms with E-state index in [0.717, 1.165) is 44.9 Å². The molecule has 0 aromatic carbocycles. The van der Waals surface area contributed by atoms with Crippen LogP contribution in [0.5, 0.6) is 0 Å². The number of likely N-dealkylation sites (N-methyl/N-ethyl adjacent to an activating group) is 1. The van der Waals surface area contributed by atoms with Gasteiger partial charge in [-0.3, -0.25) is 13.8 Å². The number of nitrogens with zero attached hydrogens (tertiary/aromatic N) is 1. The van der Waals surface area contributed by atoms with Gasteiger partial charge in [-0.25, -0.2) is 4.57 Å². The summed E-state index contributed by atoms with van der Waals surface area (Å²) in [7, 11) is 1.63. The van der Waals surface area contributed by atoms with Gasteiger partial charge in [-0.1, -0.05) is 314 Å². The molecule has 0 spiro atoms. The van der Waals surface area contributed by atoms with E-state index in [1.165, 1.54) is 270 Å². The Labute approximate surface area is 468 Å². The van der Waals surface area contributed by atoms with E-state index in [0.29, 0.717) is 23.9 Å². The van der Waals surface area contributed by atoms with Crippen molar-refractivity contribution in [1.29, 1.82) is 0 Å². The fourth-order valence-electron chi connectivity index (χ4n) is 10.3. The summed E-state index contributed by atoms with van der Waals surface area (Å²) in [6.07, 6.45) is 74.0. The smallest absolute Gasteiger partial charge is 0.391 e. The van der Waals surface area contributed by atoms with Crippen LogP contribution in [0.2, 0.25) is 0 Å². The van der Waals surface area contributed by atoms with Gasteiger partial charge in [0.15, 0.2) is 0 Å². The Morgan fingerprint density at radius 2 is 0.760 bits per heavy atom. The van der Waals surface area contributed by atoms with E-state index in [1.807, 2.05) is 21.1 Å². The molecule has 0 heterocycles. The molecule has 3 N–H and O–H groups in total. The fraction of sp³-hybridized carbons (Fsp3) is 0.924. The van der Waals surface area contributed by atoms with Crippen molar-refractivity contribution in [3.63, 3.8) is 0 Å². The summed E-state index contributed by atoms with van der Waals surface area (Å²) in [4.78, 5) is 23.4. The van der Waals surface area contributed by atoms with Crippen LogP contribution in [-0.4, -0.2) is 73.4 Å². The molecule has 0 saturated heterocycles. The number of aliphatic hydroxyl groups is 1. The number of aliphatic hydroxyl groups excluding tert-OH is 1. The summed E-state index contributed by atoms with van der Waals surface area (Å²) in [5.74, 6) is -0.138. The van der Waals surface area contributed by atoms with Gasteiger partial charge in [-0.15, -0.1) is 0 Å². The zero-order valence-corrected chi connectivity index (χ0v) is 52.0. The van der Waals surface area contributed by atoms with E-state index in [9.17, 15) is 19.4 Å². The number of quaternary nitrogens is 1. The van der Waals surface area contributed by atoms with Crippen LogP contribution in [0.1, 0.15) is 341 Å². The zero-order chi connectivity index (χ0) is 54.9. The molecule has 3 atom stereocenters. The van der Waals surface area contributed by atoms with Gasteiger partial charge in [0, 0.05) is 6.42 Å². The van der Waals surface area contributed by atoms with Gasteiger partial charge in [0.1, 0.15) is 13.2 Å². The number of nitrogens with one attached hydrogen (secondary N) is 1. The number of allylic oxidation sites excluding steroid dienone is 4. The molecular formula is C66H132N2O6P+. The number of phosphoric acid groups is 1. The zero-order valence-electron chi connectivity index (χ0n) is 51.1. The second kappa shape index (κ2) is 57.7. The Morgan fingerprint density at radius 3 is 1.09 bits per heavy atom. The van der Waals surface area contributed by atoms with Gasteiger partial charge in [0.2, 0.25) is 5.91 Å². The average molecular weight is 1080 g/mol. The largest absolute Gasteiger partial charge is 0.472 e. The predicted octanol–water partition coefficient (Wildman–Crippen LogP) is 20.7. The first-order valence-corrected chi connectivity index (χ1v) is 34.7. The highest BCUT2D eigenvalue weighted by atomic mass is 31.2. The fourth-order valence-corrected chi connectivity index (χ4v) is 11.0. The lowest BCUT2D eigenvalue weighted by atomic mass is 10.0. The van der Waals surface area contributed by atoms with E-state index in [2.05, 4.69) is 43.5 Å². The normalized spacial score (nSPS) is 13.9. The summed E-state index contributed by atoms with van der Waals surface area (Å²) < 4.78 is 23.9. The Balaban J connectivity index is 4.04. The summed E-state index contributed by atoms with van der Waals surface area (Å²) in [6, 6.07) is -0.760. The van der Waals surface area contributed by atoms with Crippen LogP contribution in [-0.2, 0) is 18.4 Å². The molecule has 9 heteroatoms. The standard InChI is InChI=1S/C66H131N2O6P/c1-6-8-10-12-14-16-18-20-22-24-26-28-30-31-32-33-34-35-36-37-38-40-42-44-46-48-50-52-54-56-58-60-66(70)67-64(63-74-75(71,72)73-62-61-68(3,4)5)65(69)59-57-55-53-51-49-47-45-43-41-39-29-27-25-23-21-19-17-15-13-11-9-7-2/h26,28,31-32,64-65,69H,6-25,27,29-30,33-63H2,1-5H3,(H-,67,70,71,72)/p+1/b28-26-,32-31-. The maximum absolute atomic E-state index is 13.1. The second-order valence-corrected chi connectivity index (χ2v) is 25.7. The second-order valence-electron chi connectivity index (χ2n) is 24.2. The van der Waals surface area contributed by atoms with Gasteiger partial charge in [0.05, 0.1) is 39.9 Å². The first-order chi connectivity index (χ1) is 36.5. The van der Waals surface area contributed by atoms with Crippen LogP contribution in [0.25, 0.3) is 0 Å². The molecule has 0 aliphatic rings. The number of hydrogen-bond donors (Lipinski definition) is 3. The molecular weight excluding hydrogens is 948 g/mol. The molecule has 0 aliphatic carbocycles. The lowest BCUT2D eigenvalue weighted by Gasteiger charge is -2.26. The third-order valence-electron chi connectivity index (χ3n) is 15.5. The molecule has 0 fully saturated rings. The van der Waals surface area contributed by atoms with Crippen molar-refractivity contribution in [2.75, 3.05) is 40.9 Å². The van der Waals surface area contributed by atoms with Crippen molar-refractivity contribution >= 4 is 13.7 Å². The summed E-state index contributed by atoms with van der Waals surface area (Å²) in [5.41, 5.74) is 0. The number of carbonyl (C=O) groups excluding carboxylic acids is 1. The molecule has 8 nitrogen and oxygen atoms in total. The molecule has 446 valence electrons. The number of amides is 1. The Kier molecular flexibility index (Phi) is 56.9. The Bertz CT molecular complexity index is 1270. The molecule has 3 unspecified atom stereocenters. The van der Waals surface area contributed by atoms with Crippen molar-refractivity contribution in [3.05, 3.63) is 24.3 Å². The van der Waals surface area contributed by atoms with Crippen molar-refractivity contribution < 1.29 is 32.9 Å². The monoisotopic (exact) mass is 1080 g/mol. The van der Waals surface area contributed by atoms with Crippen LogP contribution in [0.3, 0.4) is 0 Å². The Morgan fingerprint density at radius 1 is 0.453 bits per heavy atom. The highest BCUT2D eigenvalue weighted by molar-refractivity contribution is 7.47. The molecule has 0 saturated carbocycles. The molecule has 0 bridgehead atoms. The van der Waals surface area contributed by atoms with Crippen LogP contribution < -0.4 is 5.32 Å². The summed E-state index contributed by atoms with van der Waals surface area (Å²) >= 11 is 0. The average Bonchev–Trinajstić information content (AvgIpc) is 3.37. The Hall–Kier alpha value is -1.02. The third kappa shape index (κ3) is 60.5. The minimum absolute atomic E-state index is 0.0768. The molecule has 75 heavy (non-hydrogen) atoms. The minimum atomic E-state index is -4.33. The van der Waals surface area contributed by atoms with Crippen LogP contribution in [0.4, 0.5) is 0 Å². The molecule has 0 rings (SSSR count). The number of phosphoric ester groups is 1. The minimum Gasteiger partial charge on any atom is -0.391 e. The molecule has 0 aromatic heterocycles. The van der Waals surface area contributed by atoms with Gasteiger partial charge in [-0.2, -0.15) is 0 Å². The van der Waals surface area contributed by atoms with Crippen molar-refractivity contribution in [2.45, 2.75) is 353 Å². The topological polar surface area (TPSA) is 105 Å². The van der Waals surface area contributed by atoms with Gasteiger partial charge in [-0.05, 0) is 44.9 Å². The maximum atomic E-state index is 13.1. The van der Waals surface area contributed by atoms with Gasteiger partial charge in [0.25, 0.3) is 0 Å². The van der Waals surface area contributed by atoms with E-state index >= 15 is 0 Å². The molecule has 1 amide bonds. The van der Waals surface area contributed by atoms with Crippen molar-refractivity contribution in [2.24, 2.45) is 0 Å². The maximum Gasteiger partial charge on any atom is 0.472 e. The van der Waals surface area contributed by atoms with Crippen molar-refractivity contribution in [3.8, 4) is 0 Å². The molecule has 0 aromatic rings. The van der Waals surface area contributed by atoms with E-state index < -0.39 is 20.0 Å². The first-order valence-electron chi connectivity index (χ1n) is 33.2.